The van der Waals surface area contributed by atoms with Gasteiger partial charge in [0.05, 0.1) is 0 Å². The largest absolute Gasteiger partial charge is 0.324 e. The molecule has 3 N–H and O–H groups in total. The van der Waals surface area contributed by atoms with E-state index in [-0.39, 0.29) is 6.04 Å². The maximum Gasteiger partial charge on any atom is 0.0337 e. The molecule has 0 amide bonds. The molecule has 13 heavy (non-hydrogen) atoms. The predicted octanol–water partition coefficient (Wildman–Crippen LogP) is 0.691. The standard InChI is InChI=1S/C10H15N3/c11-10(9-3-6-13-7-9)8-1-4-12-5-2-8/h1-2,4-5,9-10,13H,3,6-7,11H2. The van der Waals surface area contributed by atoms with Crippen molar-refractivity contribution in [2.75, 3.05) is 13.1 Å². The second kappa shape index (κ2) is 3.85. The predicted molar refractivity (Wildman–Crippen MR) is 52.1 cm³/mol. The van der Waals surface area contributed by atoms with Gasteiger partial charge in [-0.2, -0.15) is 0 Å². The molecule has 2 unspecified atom stereocenters. The monoisotopic (exact) mass is 177 g/mol. The lowest BCUT2D eigenvalue weighted by molar-refractivity contribution is 0.470. The molecule has 1 aromatic heterocycles. The maximum atomic E-state index is 6.13. The van der Waals surface area contributed by atoms with Crippen LogP contribution in [-0.2, 0) is 0 Å². The van der Waals surface area contributed by atoms with Gasteiger partial charge in [-0.3, -0.25) is 4.98 Å². The van der Waals surface area contributed by atoms with E-state index in [2.05, 4.69) is 10.3 Å². The molecule has 0 aromatic carbocycles. The zero-order chi connectivity index (χ0) is 9.10. The Bertz CT molecular complexity index is 254. The Morgan fingerprint density at radius 2 is 2.23 bits per heavy atom. The molecular weight excluding hydrogens is 162 g/mol. The summed E-state index contributed by atoms with van der Waals surface area (Å²) >= 11 is 0. The number of pyridine rings is 1. The highest BCUT2D eigenvalue weighted by molar-refractivity contribution is 5.15. The van der Waals surface area contributed by atoms with Gasteiger partial charge in [0.1, 0.15) is 0 Å². The Morgan fingerprint density at radius 1 is 1.46 bits per heavy atom. The second-order valence-electron chi connectivity index (χ2n) is 3.56. The van der Waals surface area contributed by atoms with Crippen LogP contribution in [0, 0.1) is 5.92 Å². The van der Waals surface area contributed by atoms with E-state index in [1.54, 1.807) is 12.4 Å². The molecule has 1 aromatic rings. The van der Waals surface area contributed by atoms with Gasteiger partial charge in [-0.15, -0.1) is 0 Å². The third-order valence-corrected chi connectivity index (χ3v) is 2.70. The average Bonchev–Trinajstić information content (AvgIpc) is 2.71. The molecule has 2 heterocycles. The van der Waals surface area contributed by atoms with Crippen LogP contribution in [0.5, 0.6) is 0 Å². The Balaban J connectivity index is 2.08. The molecule has 0 spiro atoms. The summed E-state index contributed by atoms with van der Waals surface area (Å²) < 4.78 is 0. The van der Waals surface area contributed by atoms with Crippen molar-refractivity contribution in [1.29, 1.82) is 0 Å². The summed E-state index contributed by atoms with van der Waals surface area (Å²) in [5.41, 5.74) is 7.33. The third kappa shape index (κ3) is 1.87. The minimum atomic E-state index is 0.165. The summed E-state index contributed by atoms with van der Waals surface area (Å²) in [6.45, 7) is 2.15. The summed E-state index contributed by atoms with van der Waals surface area (Å²) in [5, 5.41) is 3.33. The molecule has 2 rings (SSSR count). The second-order valence-corrected chi connectivity index (χ2v) is 3.56. The summed E-state index contributed by atoms with van der Waals surface area (Å²) in [5.74, 6) is 0.586. The fraction of sp³-hybridized carbons (Fsp3) is 0.500. The van der Waals surface area contributed by atoms with E-state index in [0.717, 1.165) is 13.1 Å². The number of hydrogen-bond acceptors (Lipinski definition) is 3. The lowest BCUT2D eigenvalue weighted by Crippen LogP contribution is -2.23. The Labute approximate surface area is 78.4 Å². The van der Waals surface area contributed by atoms with Gasteiger partial charge in [-0.1, -0.05) is 0 Å². The molecule has 3 heteroatoms. The SMILES string of the molecule is NC(c1ccncc1)C1CCNC1. The fourth-order valence-corrected chi connectivity index (χ4v) is 1.84. The normalized spacial score (nSPS) is 24.5. The fourth-order valence-electron chi connectivity index (χ4n) is 1.84. The number of nitrogens with one attached hydrogen (secondary N) is 1. The highest BCUT2D eigenvalue weighted by Crippen LogP contribution is 2.23. The van der Waals surface area contributed by atoms with Crippen LogP contribution in [-0.4, -0.2) is 18.1 Å². The van der Waals surface area contributed by atoms with Crippen molar-refractivity contribution in [2.45, 2.75) is 12.5 Å². The number of rotatable bonds is 2. The van der Waals surface area contributed by atoms with E-state index in [1.807, 2.05) is 12.1 Å². The van der Waals surface area contributed by atoms with Crippen molar-refractivity contribution in [3.63, 3.8) is 0 Å². The molecule has 0 radical (unpaired) electrons. The summed E-state index contributed by atoms with van der Waals surface area (Å²) in [7, 11) is 0. The number of nitrogens with zero attached hydrogens (tertiary/aromatic N) is 1. The molecular formula is C10H15N3. The van der Waals surface area contributed by atoms with Crippen molar-refractivity contribution in [3.8, 4) is 0 Å². The average molecular weight is 177 g/mol. The zero-order valence-electron chi connectivity index (χ0n) is 7.61. The van der Waals surface area contributed by atoms with Crippen LogP contribution < -0.4 is 11.1 Å². The van der Waals surface area contributed by atoms with Gasteiger partial charge in [-0.25, -0.2) is 0 Å². The van der Waals surface area contributed by atoms with E-state index < -0.39 is 0 Å². The van der Waals surface area contributed by atoms with Crippen molar-refractivity contribution >= 4 is 0 Å². The van der Waals surface area contributed by atoms with Gasteiger partial charge in [0.15, 0.2) is 0 Å². The first-order chi connectivity index (χ1) is 6.38. The first-order valence-electron chi connectivity index (χ1n) is 4.74. The topological polar surface area (TPSA) is 50.9 Å². The van der Waals surface area contributed by atoms with E-state index in [1.165, 1.54) is 12.0 Å². The Morgan fingerprint density at radius 3 is 2.85 bits per heavy atom. The minimum absolute atomic E-state index is 0.165. The summed E-state index contributed by atoms with van der Waals surface area (Å²) in [4.78, 5) is 3.98. The molecule has 0 saturated carbocycles. The molecule has 1 aliphatic heterocycles. The van der Waals surface area contributed by atoms with Gasteiger partial charge in [0, 0.05) is 18.4 Å². The number of aromatic nitrogens is 1. The van der Waals surface area contributed by atoms with Crippen LogP contribution in [0.4, 0.5) is 0 Å². The lowest BCUT2D eigenvalue weighted by atomic mass is 9.94. The highest BCUT2D eigenvalue weighted by Gasteiger charge is 2.22. The molecule has 0 aliphatic carbocycles. The van der Waals surface area contributed by atoms with Crippen LogP contribution in [0.2, 0.25) is 0 Å². The van der Waals surface area contributed by atoms with E-state index in [4.69, 9.17) is 5.73 Å². The summed E-state index contributed by atoms with van der Waals surface area (Å²) in [6, 6.07) is 4.17. The van der Waals surface area contributed by atoms with Crippen molar-refractivity contribution in [2.24, 2.45) is 11.7 Å². The first kappa shape index (κ1) is 8.66. The van der Waals surface area contributed by atoms with E-state index >= 15 is 0 Å². The summed E-state index contributed by atoms with van der Waals surface area (Å²) in [6.07, 6.45) is 4.79. The zero-order valence-corrected chi connectivity index (χ0v) is 7.61. The smallest absolute Gasteiger partial charge is 0.0337 e. The molecule has 1 fully saturated rings. The maximum absolute atomic E-state index is 6.13. The van der Waals surface area contributed by atoms with Crippen LogP contribution >= 0.6 is 0 Å². The van der Waals surface area contributed by atoms with Gasteiger partial charge in [0.2, 0.25) is 0 Å². The van der Waals surface area contributed by atoms with Crippen LogP contribution in [0.1, 0.15) is 18.0 Å². The van der Waals surface area contributed by atoms with Gasteiger partial charge < -0.3 is 11.1 Å². The van der Waals surface area contributed by atoms with Gasteiger partial charge >= 0.3 is 0 Å². The van der Waals surface area contributed by atoms with Crippen molar-refractivity contribution < 1.29 is 0 Å². The van der Waals surface area contributed by atoms with Crippen LogP contribution in [0.25, 0.3) is 0 Å². The minimum Gasteiger partial charge on any atom is -0.324 e. The molecule has 2 atom stereocenters. The molecule has 1 aliphatic rings. The molecule has 70 valence electrons. The Kier molecular flexibility index (Phi) is 2.57. The molecule has 0 bridgehead atoms. The van der Waals surface area contributed by atoms with Crippen molar-refractivity contribution in [3.05, 3.63) is 30.1 Å². The van der Waals surface area contributed by atoms with Crippen LogP contribution in [0.3, 0.4) is 0 Å². The lowest BCUT2D eigenvalue weighted by Gasteiger charge is -2.17. The van der Waals surface area contributed by atoms with Gasteiger partial charge in [0.25, 0.3) is 0 Å². The van der Waals surface area contributed by atoms with Gasteiger partial charge in [-0.05, 0) is 43.1 Å². The third-order valence-electron chi connectivity index (χ3n) is 2.70. The highest BCUT2D eigenvalue weighted by atomic mass is 14.9. The number of hydrogen-bond donors (Lipinski definition) is 2. The quantitative estimate of drug-likeness (QED) is 0.699. The molecule has 1 saturated heterocycles. The molecule has 3 nitrogen and oxygen atoms in total. The first-order valence-corrected chi connectivity index (χ1v) is 4.74. The Hall–Kier alpha value is -0.930. The van der Waals surface area contributed by atoms with Crippen LogP contribution in [0.15, 0.2) is 24.5 Å². The van der Waals surface area contributed by atoms with E-state index in [9.17, 15) is 0 Å². The van der Waals surface area contributed by atoms with E-state index in [0.29, 0.717) is 5.92 Å². The number of nitrogens with two attached hydrogens (primary N) is 1. The van der Waals surface area contributed by atoms with Crippen molar-refractivity contribution in [1.82, 2.24) is 10.3 Å².